The predicted octanol–water partition coefficient (Wildman–Crippen LogP) is 2.54. The van der Waals surface area contributed by atoms with Crippen LogP contribution >= 0.6 is 7.37 Å². The van der Waals surface area contributed by atoms with E-state index in [1.54, 1.807) is 32.0 Å². The number of benzene rings is 1. The van der Waals surface area contributed by atoms with Gasteiger partial charge < -0.3 is 15.2 Å². The number of hydrogen-bond donors (Lipinski definition) is 2. The summed E-state index contributed by atoms with van der Waals surface area (Å²) in [6.07, 6.45) is -1.95. The predicted molar refractivity (Wildman–Crippen MR) is 119 cm³/mol. The van der Waals surface area contributed by atoms with Crippen molar-refractivity contribution in [3.05, 3.63) is 48.5 Å². The Bertz CT molecular complexity index is 1240. The highest BCUT2D eigenvalue weighted by molar-refractivity contribution is 7.66. The molecule has 0 saturated carbocycles. The molecule has 0 spiro atoms. The fourth-order valence-corrected chi connectivity index (χ4v) is 5.70. The van der Waals surface area contributed by atoms with E-state index in [2.05, 4.69) is 19.7 Å². The lowest BCUT2D eigenvalue weighted by molar-refractivity contribution is -0.161. The van der Waals surface area contributed by atoms with Crippen LogP contribution in [-0.4, -0.2) is 54.8 Å². The van der Waals surface area contributed by atoms with Crippen molar-refractivity contribution in [3.63, 3.8) is 0 Å². The molecule has 0 amide bonds. The van der Waals surface area contributed by atoms with Crippen LogP contribution in [0, 0.1) is 5.92 Å². The molecule has 0 aliphatic carbocycles. The molecule has 3 aromatic rings. The maximum Gasteiger partial charge on any atom is 0.308 e. The van der Waals surface area contributed by atoms with Crippen molar-refractivity contribution in [1.82, 2.24) is 19.6 Å². The summed E-state index contributed by atoms with van der Waals surface area (Å²) < 4.78 is 47.1. The topological polar surface area (TPSA) is 151 Å². The molecule has 1 fully saturated rings. The molecule has 3 heterocycles. The summed E-state index contributed by atoms with van der Waals surface area (Å²) in [6, 6.07) is 7.97. The van der Waals surface area contributed by atoms with Crippen molar-refractivity contribution in [2.45, 2.75) is 44.8 Å². The van der Waals surface area contributed by atoms with Gasteiger partial charge in [0.1, 0.15) is 18.5 Å². The van der Waals surface area contributed by atoms with Crippen LogP contribution in [0.3, 0.4) is 0 Å². The van der Waals surface area contributed by atoms with Crippen molar-refractivity contribution >= 4 is 30.1 Å². The van der Waals surface area contributed by atoms with Crippen LogP contribution < -0.4 is 11.0 Å². The average Bonchev–Trinajstić information content (AvgIpc) is 3.34. The van der Waals surface area contributed by atoms with Crippen molar-refractivity contribution in [2.24, 2.45) is 5.92 Å². The SMILES string of the molecule is CC(C)C(=O)O[C@@H]1[C@@H](CP(=O)(OO)c2ccccc2)O[C@@H](c2cnc3c(N)ncnn23)[C@]1(C)F. The minimum Gasteiger partial charge on any atom is -0.456 e. The van der Waals surface area contributed by atoms with Gasteiger partial charge in [-0.15, -0.1) is 0 Å². The van der Waals surface area contributed by atoms with Gasteiger partial charge in [0, 0.05) is 5.30 Å². The van der Waals surface area contributed by atoms with E-state index in [4.69, 9.17) is 15.2 Å². The maximum atomic E-state index is 16.4. The Kier molecular flexibility index (Phi) is 6.43. The third-order valence-electron chi connectivity index (χ3n) is 5.76. The van der Waals surface area contributed by atoms with Gasteiger partial charge in [-0.05, 0) is 19.1 Å². The van der Waals surface area contributed by atoms with Crippen LogP contribution in [0.25, 0.3) is 5.65 Å². The molecule has 1 aliphatic rings. The molecule has 34 heavy (non-hydrogen) atoms. The van der Waals surface area contributed by atoms with E-state index in [9.17, 15) is 14.6 Å². The number of carbonyl (C=O) groups excluding carboxylic acids is 1. The van der Waals surface area contributed by atoms with Crippen molar-refractivity contribution in [3.8, 4) is 0 Å². The molecule has 5 atom stereocenters. The van der Waals surface area contributed by atoms with E-state index in [0.29, 0.717) is 0 Å². The molecule has 182 valence electrons. The second-order valence-electron chi connectivity index (χ2n) is 8.55. The number of fused-ring (bicyclic) bond motifs is 1. The molecule has 4 rings (SSSR count). The van der Waals surface area contributed by atoms with Crippen molar-refractivity contribution < 1.29 is 33.2 Å². The first-order chi connectivity index (χ1) is 16.1. The summed E-state index contributed by atoms with van der Waals surface area (Å²) in [5.41, 5.74) is 3.94. The summed E-state index contributed by atoms with van der Waals surface area (Å²) >= 11 is 0. The lowest BCUT2D eigenvalue weighted by atomic mass is 9.93. The molecule has 11 nitrogen and oxygen atoms in total. The van der Waals surface area contributed by atoms with Crippen LogP contribution in [0.15, 0.2) is 42.9 Å². The van der Waals surface area contributed by atoms with Crippen LogP contribution in [-0.2, 0) is 23.5 Å². The number of aromatic nitrogens is 4. The number of nitrogens with two attached hydrogens (primary N) is 1. The molecule has 1 aromatic carbocycles. The molecule has 1 unspecified atom stereocenters. The molecule has 2 aromatic heterocycles. The maximum absolute atomic E-state index is 16.4. The molecule has 1 saturated heterocycles. The lowest BCUT2D eigenvalue weighted by Gasteiger charge is -2.28. The Morgan fingerprint density at radius 1 is 1.35 bits per heavy atom. The minimum absolute atomic E-state index is 0.0846. The second kappa shape index (κ2) is 9.03. The molecule has 0 radical (unpaired) electrons. The Hall–Kier alpha value is -2.92. The fourth-order valence-electron chi connectivity index (χ4n) is 3.95. The van der Waals surface area contributed by atoms with Gasteiger partial charge in [0.25, 0.3) is 7.37 Å². The summed E-state index contributed by atoms with van der Waals surface area (Å²) in [5.74, 6) is -1.12. The Morgan fingerprint density at radius 2 is 2.06 bits per heavy atom. The van der Waals surface area contributed by atoms with Gasteiger partial charge in [0.2, 0.25) is 0 Å². The highest BCUT2D eigenvalue weighted by Crippen LogP contribution is 2.53. The first kappa shape index (κ1) is 24.2. The van der Waals surface area contributed by atoms with E-state index in [1.807, 2.05) is 0 Å². The first-order valence-electron chi connectivity index (χ1n) is 10.5. The highest BCUT2D eigenvalue weighted by Gasteiger charge is 2.60. The summed E-state index contributed by atoms with van der Waals surface area (Å²) in [6.45, 7) is 4.43. The standard InChI is InChI=1S/C21H25FN5O6P/c1-12(2)20(28)32-17-15(10-34(30,33-29)13-7-5-4-6-8-13)31-16(21(17,3)22)14-9-24-19-18(23)25-11-26-27(14)19/h4-9,11-12,15-17,29H,10H2,1-3H3,(H2,23,25,26)/t15-,16+,17-,21+,34?/m1/s1. The van der Waals surface area contributed by atoms with Crippen LogP contribution in [0.4, 0.5) is 10.2 Å². The lowest BCUT2D eigenvalue weighted by Crippen LogP contribution is -2.44. The van der Waals surface area contributed by atoms with E-state index in [-0.39, 0.29) is 22.5 Å². The van der Waals surface area contributed by atoms with Gasteiger partial charge in [0.05, 0.1) is 24.0 Å². The number of imidazole rings is 1. The molecular weight excluding hydrogens is 468 g/mol. The van der Waals surface area contributed by atoms with E-state index < -0.39 is 49.4 Å². The monoisotopic (exact) mass is 493 g/mol. The number of alkyl halides is 1. The Balaban J connectivity index is 1.75. The number of esters is 1. The Morgan fingerprint density at radius 3 is 2.71 bits per heavy atom. The fraction of sp³-hybridized carbons (Fsp3) is 0.429. The average molecular weight is 493 g/mol. The second-order valence-corrected chi connectivity index (χ2v) is 10.9. The van der Waals surface area contributed by atoms with E-state index in [0.717, 1.165) is 0 Å². The zero-order valence-electron chi connectivity index (χ0n) is 18.7. The Labute approximate surface area is 194 Å². The number of anilines is 1. The zero-order valence-corrected chi connectivity index (χ0v) is 19.6. The van der Waals surface area contributed by atoms with Crippen LogP contribution in [0.2, 0.25) is 0 Å². The first-order valence-corrected chi connectivity index (χ1v) is 12.4. The van der Waals surface area contributed by atoms with Crippen LogP contribution in [0.1, 0.15) is 32.6 Å². The van der Waals surface area contributed by atoms with Gasteiger partial charge in [-0.2, -0.15) is 9.77 Å². The number of nitrogens with zero attached hydrogens (tertiary/aromatic N) is 4. The third kappa shape index (κ3) is 4.18. The number of carbonyl (C=O) groups is 1. The largest absolute Gasteiger partial charge is 0.456 e. The number of nitrogen functional groups attached to an aromatic ring is 1. The van der Waals surface area contributed by atoms with Crippen molar-refractivity contribution in [1.29, 1.82) is 0 Å². The zero-order chi connectivity index (χ0) is 24.7. The summed E-state index contributed by atoms with van der Waals surface area (Å²) in [5, 5.41) is 13.8. The van der Waals surface area contributed by atoms with Gasteiger partial charge in [-0.3, -0.25) is 9.36 Å². The number of halogens is 1. The van der Waals surface area contributed by atoms with Gasteiger partial charge in [-0.1, -0.05) is 32.0 Å². The quantitative estimate of drug-likeness (QED) is 0.217. The molecule has 3 N–H and O–H groups in total. The normalized spacial score (nSPS) is 26.6. The van der Waals surface area contributed by atoms with Gasteiger partial charge >= 0.3 is 5.97 Å². The third-order valence-corrected chi connectivity index (χ3v) is 7.95. The smallest absolute Gasteiger partial charge is 0.308 e. The number of hydrogen-bond acceptors (Lipinski definition) is 10. The minimum atomic E-state index is -3.92. The molecule has 0 bridgehead atoms. The van der Waals surface area contributed by atoms with E-state index >= 15 is 4.39 Å². The van der Waals surface area contributed by atoms with Crippen LogP contribution in [0.5, 0.6) is 0 Å². The van der Waals surface area contributed by atoms with Gasteiger partial charge in [0.15, 0.2) is 23.2 Å². The van der Waals surface area contributed by atoms with Crippen molar-refractivity contribution in [2.75, 3.05) is 11.9 Å². The van der Waals surface area contributed by atoms with E-state index in [1.165, 1.54) is 36.1 Å². The van der Waals surface area contributed by atoms with Gasteiger partial charge in [-0.25, -0.2) is 24.1 Å². The molecule has 13 heteroatoms. The number of ether oxygens (including phenoxy) is 2. The number of rotatable bonds is 7. The summed E-state index contributed by atoms with van der Waals surface area (Å²) in [4.78, 5) is 20.4. The summed E-state index contributed by atoms with van der Waals surface area (Å²) in [7, 11) is -3.92. The highest BCUT2D eigenvalue weighted by atomic mass is 31.2. The molecule has 1 aliphatic heterocycles. The molecular formula is C21H25FN5O6P.